The van der Waals surface area contributed by atoms with E-state index in [1.54, 1.807) is 18.2 Å². The van der Waals surface area contributed by atoms with Crippen LogP contribution in [-0.2, 0) is 6.61 Å². The van der Waals surface area contributed by atoms with Crippen molar-refractivity contribution in [2.45, 2.75) is 6.61 Å². The van der Waals surface area contributed by atoms with E-state index >= 15 is 0 Å². The minimum absolute atomic E-state index is 0.0958. The summed E-state index contributed by atoms with van der Waals surface area (Å²) in [6, 6.07) is 4.77. The van der Waals surface area contributed by atoms with Crippen molar-refractivity contribution in [1.29, 1.82) is 0 Å². The fourth-order valence-electron chi connectivity index (χ4n) is 0.835. The molecule has 0 atom stereocenters. The van der Waals surface area contributed by atoms with E-state index in [1.165, 1.54) is 0 Å². The minimum Gasteiger partial charge on any atom is -0.392 e. The maximum Gasteiger partial charge on any atom is 0.150 e. The van der Waals surface area contributed by atoms with Crippen LogP contribution in [0.25, 0.3) is 0 Å². The van der Waals surface area contributed by atoms with Crippen molar-refractivity contribution in [3.63, 3.8) is 0 Å². The van der Waals surface area contributed by atoms with Crippen molar-refractivity contribution in [1.82, 2.24) is 0 Å². The van der Waals surface area contributed by atoms with E-state index in [1.807, 2.05) is 0 Å². The number of carbonyl (C=O) groups is 1. The van der Waals surface area contributed by atoms with E-state index < -0.39 is 0 Å². The molecule has 1 aromatic carbocycles. The zero-order chi connectivity index (χ0) is 8.27. The van der Waals surface area contributed by atoms with Gasteiger partial charge in [0.15, 0.2) is 0 Å². The molecule has 0 heterocycles. The normalized spacial score (nSPS) is 9.64. The minimum atomic E-state index is -0.0958. The number of hydrogen-bond acceptors (Lipinski definition) is 2. The molecule has 58 valence electrons. The van der Waals surface area contributed by atoms with Crippen molar-refractivity contribution in [3.8, 4) is 0 Å². The van der Waals surface area contributed by atoms with E-state index in [4.69, 9.17) is 16.7 Å². The Morgan fingerprint density at radius 3 is 2.73 bits per heavy atom. The van der Waals surface area contributed by atoms with Gasteiger partial charge in [-0.2, -0.15) is 0 Å². The van der Waals surface area contributed by atoms with Gasteiger partial charge in [0.25, 0.3) is 0 Å². The average Bonchev–Trinajstić information content (AvgIpc) is 2.03. The molecule has 1 aromatic rings. The Balaban J connectivity index is 3.11. The van der Waals surface area contributed by atoms with E-state index in [-0.39, 0.29) is 6.61 Å². The molecule has 0 fully saturated rings. The average molecular weight is 171 g/mol. The summed E-state index contributed by atoms with van der Waals surface area (Å²) in [4.78, 5) is 10.3. The van der Waals surface area contributed by atoms with Crippen molar-refractivity contribution in [2.75, 3.05) is 0 Å². The largest absolute Gasteiger partial charge is 0.392 e. The number of benzene rings is 1. The molecular formula is C8H7ClO2. The first-order valence-corrected chi connectivity index (χ1v) is 3.49. The maximum atomic E-state index is 10.3. The van der Waals surface area contributed by atoms with Crippen LogP contribution >= 0.6 is 11.6 Å². The molecule has 0 saturated carbocycles. The van der Waals surface area contributed by atoms with E-state index in [0.29, 0.717) is 22.4 Å². The Kier molecular flexibility index (Phi) is 2.63. The second-order valence-corrected chi connectivity index (χ2v) is 2.61. The van der Waals surface area contributed by atoms with Gasteiger partial charge in [-0.3, -0.25) is 4.79 Å². The monoisotopic (exact) mass is 170 g/mol. The quantitative estimate of drug-likeness (QED) is 0.686. The van der Waals surface area contributed by atoms with Gasteiger partial charge in [0, 0.05) is 10.6 Å². The fraction of sp³-hybridized carbons (Fsp3) is 0.125. The van der Waals surface area contributed by atoms with Gasteiger partial charge >= 0.3 is 0 Å². The van der Waals surface area contributed by atoms with Gasteiger partial charge in [-0.05, 0) is 23.8 Å². The maximum absolute atomic E-state index is 10.3. The van der Waals surface area contributed by atoms with Gasteiger partial charge in [0.2, 0.25) is 0 Å². The number of rotatable bonds is 2. The standard InChI is InChI=1S/C8H7ClO2/c9-8-2-6(4-10)1-7(3-8)5-11/h1-4,11H,5H2. The van der Waals surface area contributed by atoms with Crippen molar-refractivity contribution in [3.05, 3.63) is 34.3 Å². The molecule has 0 unspecified atom stereocenters. The lowest BCUT2D eigenvalue weighted by Gasteiger charge is -1.97. The van der Waals surface area contributed by atoms with Crippen LogP contribution in [0, 0.1) is 0 Å². The van der Waals surface area contributed by atoms with Gasteiger partial charge in [0.05, 0.1) is 6.61 Å². The smallest absolute Gasteiger partial charge is 0.150 e. The zero-order valence-corrected chi connectivity index (χ0v) is 6.51. The number of aldehydes is 1. The second kappa shape index (κ2) is 3.51. The first-order chi connectivity index (χ1) is 5.26. The van der Waals surface area contributed by atoms with Gasteiger partial charge < -0.3 is 5.11 Å². The van der Waals surface area contributed by atoms with E-state index in [0.717, 1.165) is 0 Å². The molecule has 0 aliphatic carbocycles. The summed E-state index contributed by atoms with van der Waals surface area (Å²) in [5.41, 5.74) is 1.14. The molecule has 0 aliphatic rings. The van der Waals surface area contributed by atoms with Gasteiger partial charge in [0.1, 0.15) is 6.29 Å². The molecule has 0 aliphatic heterocycles. The zero-order valence-electron chi connectivity index (χ0n) is 5.75. The summed E-state index contributed by atoms with van der Waals surface area (Å²) in [6.07, 6.45) is 0.699. The highest BCUT2D eigenvalue weighted by Crippen LogP contribution is 2.13. The third-order valence-corrected chi connectivity index (χ3v) is 1.52. The molecule has 0 bridgehead atoms. The van der Waals surface area contributed by atoms with Crippen LogP contribution in [-0.4, -0.2) is 11.4 Å². The third kappa shape index (κ3) is 2.03. The molecule has 0 radical (unpaired) electrons. The van der Waals surface area contributed by atoms with E-state index in [9.17, 15) is 4.79 Å². The van der Waals surface area contributed by atoms with E-state index in [2.05, 4.69) is 0 Å². The summed E-state index contributed by atoms with van der Waals surface area (Å²) in [5, 5.41) is 9.18. The summed E-state index contributed by atoms with van der Waals surface area (Å²) in [6.45, 7) is -0.0958. The van der Waals surface area contributed by atoms with Crippen molar-refractivity contribution < 1.29 is 9.90 Å². The first kappa shape index (κ1) is 8.24. The molecule has 2 nitrogen and oxygen atoms in total. The van der Waals surface area contributed by atoms with Crippen molar-refractivity contribution >= 4 is 17.9 Å². The number of carbonyl (C=O) groups excluding carboxylic acids is 1. The number of aliphatic hydroxyl groups excluding tert-OH is 1. The van der Waals surface area contributed by atoms with Gasteiger partial charge in [-0.25, -0.2) is 0 Å². The predicted octanol–water partition coefficient (Wildman–Crippen LogP) is 1.64. The van der Waals surface area contributed by atoms with Crippen LogP contribution < -0.4 is 0 Å². The molecule has 1 N–H and O–H groups in total. The highest BCUT2D eigenvalue weighted by molar-refractivity contribution is 6.30. The highest BCUT2D eigenvalue weighted by Gasteiger charge is 1.96. The summed E-state index contributed by atoms with van der Waals surface area (Å²) >= 11 is 5.64. The molecule has 1 rings (SSSR count). The highest BCUT2D eigenvalue weighted by atomic mass is 35.5. The Morgan fingerprint density at radius 2 is 2.18 bits per heavy atom. The first-order valence-electron chi connectivity index (χ1n) is 3.12. The van der Waals surface area contributed by atoms with Crippen LogP contribution in [0.4, 0.5) is 0 Å². The topological polar surface area (TPSA) is 37.3 Å². The lowest BCUT2D eigenvalue weighted by molar-refractivity contribution is 0.112. The molecule has 0 aromatic heterocycles. The van der Waals surface area contributed by atoms with Crippen LogP contribution in [0.1, 0.15) is 15.9 Å². The fourth-order valence-corrected chi connectivity index (χ4v) is 1.10. The molecule has 0 saturated heterocycles. The van der Waals surface area contributed by atoms with Crippen LogP contribution in [0.15, 0.2) is 18.2 Å². The summed E-state index contributed by atoms with van der Waals surface area (Å²) < 4.78 is 0. The lowest BCUT2D eigenvalue weighted by Crippen LogP contribution is -1.86. The van der Waals surface area contributed by atoms with Gasteiger partial charge in [-0.1, -0.05) is 11.6 Å². The van der Waals surface area contributed by atoms with Crippen LogP contribution in [0.3, 0.4) is 0 Å². The Hall–Kier alpha value is -0.860. The predicted molar refractivity (Wildman–Crippen MR) is 42.8 cm³/mol. The molecule has 11 heavy (non-hydrogen) atoms. The number of hydrogen-bond donors (Lipinski definition) is 1. The lowest BCUT2D eigenvalue weighted by atomic mass is 10.1. The Morgan fingerprint density at radius 1 is 1.45 bits per heavy atom. The molecule has 0 amide bonds. The molecular weight excluding hydrogens is 164 g/mol. The van der Waals surface area contributed by atoms with Crippen molar-refractivity contribution in [2.24, 2.45) is 0 Å². The number of aliphatic hydroxyl groups is 1. The number of halogens is 1. The second-order valence-electron chi connectivity index (χ2n) is 2.17. The SMILES string of the molecule is O=Cc1cc(Cl)cc(CO)c1. The van der Waals surface area contributed by atoms with Gasteiger partial charge in [-0.15, -0.1) is 0 Å². The molecule has 0 spiro atoms. The van der Waals surface area contributed by atoms with Crippen LogP contribution in [0.2, 0.25) is 5.02 Å². The van der Waals surface area contributed by atoms with Crippen LogP contribution in [0.5, 0.6) is 0 Å². The summed E-state index contributed by atoms with van der Waals surface area (Å²) in [5.74, 6) is 0. The molecule has 3 heteroatoms. The third-order valence-electron chi connectivity index (χ3n) is 1.30. The summed E-state index contributed by atoms with van der Waals surface area (Å²) in [7, 11) is 0. The Bertz CT molecular complexity index is 271. The Labute approximate surface area is 69.4 Å².